The maximum atomic E-state index is 13.2. The molecule has 1 atom stereocenters. The summed E-state index contributed by atoms with van der Waals surface area (Å²) >= 11 is 7.41. The lowest BCUT2D eigenvalue weighted by Gasteiger charge is -2.33. The Kier molecular flexibility index (Phi) is 4.31. The molecule has 3 aromatic rings. The zero-order chi connectivity index (χ0) is 17.6. The monoisotopic (exact) mass is 374 g/mol. The first kappa shape index (κ1) is 16.6. The van der Waals surface area contributed by atoms with E-state index in [1.165, 1.54) is 22.6 Å². The molecule has 130 valence electrons. The summed E-state index contributed by atoms with van der Waals surface area (Å²) in [6.07, 6.45) is 1.07. The zero-order valence-corrected chi connectivity index (χ0v) is 15.8. The van der Waals surface area contributed by atoms with Crippen LogP contribution in [0.5, 0.6) is 0 Å². The van der Waals surface area contributed by atoms with Crippen molar-refractivity contribution in [2.24, 2.45) is 7.05 Å². The maximum absolute atomic E-state index is 13.2. The smallest absolute Gasteiger partial charge is 0.199 e. The van der Waals surface area contributed by atoms with Crippen LogP contribution >= 0.6 is 23.6 Å². The summed E-state index contributed by atoms with van der Waals surface area (Å²) in [6, 6.07) is 8.94. The highest BCUT2D eigenvalue weighted by atomic mass is 32.1. The molecule has 2 aromatic heterocycles. The lowest BCUT2D eigenvalue weighted by molar-refractivity contribution is 0.144. The number of thiophene rings is 1. The Morgan fingerprint density at radius 2 is 2.04 bits per heavy atom. The van der Waals surface area contributed by atoms with Crippen LogP contribution in [0.3, 0.4) is 0 Å². The van der Waals surface area contributed by atoms with E-state index in [0.717, 1.165) is 24.4 Å². The Hall–Kier alpha value is -1.83. The van der Waals surface area contributed by atoms with Gasteiger partial charge in [0.2, 0.25) is 0 Å². The number of fused-ring (bicyclic) bond motifs is 1. The second-order valence-corrected chi connectivity index (χ2v) is 7.72. The molecule has 3 heterocycles. The van der Waals surface area contributed by atoms with Crippen LogP contribution < -0.4 is 0 Å². The molecule has 0 aliphatic carbocycles. The molecule has 4 nitrogen and oxygen atoms in total. The quantitative estimate of drug-likeness (QED) is 0.636. The van der Waals surface area contributed by atoms with E-state index in [0.29, 0.717) is 17.5 Å². The molecule has 4 rings (SSSR count). The molecule has 1 aromatic carbocycles. The van der Waals surface area contributed by atoms with E-state index >= 15 is 0 Å². The van der Waals surface area contributed by atoms with Gasteiger partial charge in [0, 0.05) is 30.1 Å². The molecule has 0 spiro atoms. The van der Waals surface area contributed by atoms with Gasteiger partial charge in [0.1, 0.15) is 5.82 Å². The van der Waals surface area contributed by atoms with Gasteiger partial charge < -0.3 is 4.57 Å². The predicted molar refractivity (Wildman–Crippen MR) is 101 cm³/mol. The highest BCUT2D eigenvalue weighted by Gasteiger charge is 2.25. The van der Waals surface area contributed by atoms with Gasteiger partial charge in [-0.25, -0.2) is 9.07 Å². The van der Waals surface area contributed by atoms with Crippen molar-refractivity contribution in [3.63, 3.8) is 0 Å². The van der Waals surface area contributed by atoms with Gasteiger partial charge in [-0.05, 0) is 66.8 Å². The molecule has 25 heavy (non-hydrogen) atoms. The SMILES string of the molecule is C[C@H]1c2ccsc2CCN1Cn1nc(-c2ccc(F)cc2)n(C)c1=S. The molecular formula is C18H19FN4S2. The number of nitrogens with zero attached hydrogens (tertiary/aromatic N) is 4. The van der Waals surface area contributed by atoms with E-state index in [4.69, 9.17) is 17.3 Å². The van der Waals surface area contributed by atoms with Crippen molar-refractivity contribution >= 4 is 23.6 Å². The first-order chi connectivity index (χ1) is 12.0. The van der Waals surface area contributed by atoms with Gasteiger partial charge in [-0.3, -0.25) is 4.90 Å². The van der Waals surface area contributed by atoms with Crippen molar-refractivity contribution in [3.05, 3.63) is 56.7 Å². The second-order valence-electron chi connectivity index (χ2n) is 6.35. The van der Waals surface area contributed by atoms with Gasteiger partial charge in [0.15, 0.2) is 10.6 Å². The van der Waals surface area contributed by atoms with Crippen molar-refractivity contribution in [2.45, 2.75) is 26.1 Å². The summed E-state index contributed by atoms with van der Waals surface area (Å²) in [5, 5.41) is 6.87. The number of aromatic nitrogens is 3. The number of rotatable bonds is 3. The van der Waals surface area contributed by atoms with E-state index < -0.39 is 0 Å². The van der Waals surface area contributed by atoms with Gasteiger partial charge >= 0.3 is 0 Å². The Labute approximate surface area is 155 Å². The van der Waals surface area contributed by atoms with Crippen LogP contribution in [0.15, 0.2) is 35.7 Å². The first-order valence-electron chi connectivity index (χ1n) is 8.24. The van der Waals surface area contributed by atoms with Crippen molar-refractivity contribution in [2.75, 3.05) is 6.54 Å². The molecular weight excluding hydrogens is 355 g/mol. The molecule has 0 amide bonds. The predicted octanol–water partition coefficient (Wildman–Crippen LogP) is 4.40. The van der Waals surface area contributed by atoms with Crippen LogP contribution in [0.2, 0.25) is 0 Å². The van der Waals surface area contributed by atoms with Crippen LogP contribution in [-0.4, -0.2) is 25.8 Å². The molecule has 1 aliphatic heterocycles. The minimum absolute atomic E-state index is 0.252. The van der Waals surface area contributed by atoms with Crippen LogP contribution in [-0.2, 0) is 20.1 Å². The van der Waals surface area contributed by atoms with Crippen molar-refractivity contribution < 1.29 is 4.39 Å². The van der Waals surface area contributed by atoms with E-state index in [-0.39, 0.29) is 5.82 Å². The molecule has 0 fully saturated rings. The van der Waals surface area contributed by atoms with E-state index in [9.17, 15) is 4.39 Å². The molecule has 0 N–H and O–H groups in total. The molecule has 0 saturated carbocycles. The summed E-state index contributed by atoms with van der Waals surface area (Å²) in [5.41, 5.74) is 2.28. The average molecular weight is 375 g/mol. The standard InChI is InChI=1S/C18H19FN4S2/c1-12-15-8-10-25-16(15)7-9-22(12)11-23-18(24)21(2)17(20-23)13-3-5-14(19)6-4-13/h3-6,8,10,12H,7,9,11H2,1-2H3/t12-/m0/s1. The number of hydrogen-bond donors (Lipinski definition) is 0. The Morgan fingerprint density at radius 3 is 2.80 bits per heavy atom. The van der Waals surface area contributed by atoms with Gasteiger partial charge in [-0.2, -0.15) is 5.10 Å². The Morgan fingerprint density at radius 1 is 1.28 bits per heavy atom. The van der Waals surface area contributed by atoms with Gasteiger partial charge in [-0.1, -0.05) is 0 Å². The highest BCUT2D eigenvalue weighted by Crippen LogP contribution is 2.33. The zero-order valence-electron chi connectivity index (χ0n) is 14.1. The molecule has 0 radical (unpaired) electrons. The van der Waals surface area contributed by atoms with Crippen LogP contribution in [0.4, 0.5) is 4.39 Å². The molecule has 0 saturated heterocycles. The van der Waals surface area contributed by atoms with Crippen LogP contribution in [0.1, 0.15) is 23.4 Å². The van der Waals surface area contributed by atoms with Crippen LogP contribution in [0.25, 0.3) is 11.4 Å². The lowest BCUT2D eigenvalue weighted by Crippen LogP contribution is -2.35. The summed E-state index contributed by atoms with van der Waals surface area (Å²) in [6.45, 7) is 3.89. The van der Waals surface area contributed by atoms with Gasteiger partial charge in [0.25, 0.3) is 0 Å². The molecule has 0 unspecified atom stereocenters. The third-order valence-electron chi connectivity index (χ3n) is 4.86. The second kappa shape index (κ2) is 6.48. The van der Waals surface area contributed by atoms with Crippen LogP contribution in [0, 0.1) is 10.6 Å². The lowest BCUT2D eigenvalue weighted by atomic mass is 10.0. The summed E-state index contributed by atoms with van der Waals surface area (Å²) in [5.74, 6) is 0.504. The molecule has 1 aliphatic rings. The molecule has 7 heteroatoms. The van der Waals surface area contributed by atoms with Crippen molar-refractivity contribution in [1.82, 2.24) is 19.2 Å². The van der Waals surface area contributed by atoms with E-state index in [1.54, 1.807) is 12.1 Å². The molecule has 0 bridgehead atoms. The summed E-state index contributed by atoms with van der Waals surface area (Å²) in [4.78, 5) is 3.88. The number of hydrogen-bond acceptors (Lipinski definition) is 4. The normalized spacial score (nSPS) is 17.6. The fourth-order valence-electron chi connectivity index (χ4n) is 3.36. The van der Waals surface area contributed by atoms with E-state index in [2.05, 4.69) is 23.3 Å². The Bertz CT molecular complexity index is 954. The third kappa shape index (κ3) is 2.96. The van der Waals surface area contributed by atoms with E-state index in [1.807, 2.05) is 27.6 Å². The highest BCUT2D eigenvalue weighted by molar-refractivity contribution is 7.71. The fourth-order valence-corrected chi connectivity index (χ4v) is 4.50. The third-order valence-corrected chi connectivity index (χ3v) is 6.34. The summed E-state index contributed by atoms with van der Waals surface area (Å²) in [7, 11) is 1.90. The van der Waals surface area contributed by atoms with Gasteiger partial charge in [-0.15, -0.1) is 11.3 Å². The summed E-state index contributed by atoms with van der Waals surface area (Å²) < 4.78 is 17.6. The largest absolute Gasteiger partial charge is 0.303 e. The maximum Gasteiger partial charge on any atom is 0.199 e. The topological polar surface area (TPSA) is 26.0 Å². The minimum Gasteiger partial charge on any atom is -0.303 e. The minimum atomic E-state index is -0.252. The Balaban J connectivity index is 1.63. The van der Waals surface area contributed by atoms with Gasteiger partial charge in [0.05, 0.1) is 6.67 Å². The first-order valence-corrected chi connectivity index (χ1v) is 9.53. The average Bonchev–Trinajstić information content (AvgIpc) is 3.19. The fraction of sp³-hybridized carbons (Fsp3) is 0.333. The van der Waals surface area contributed by atoms with Crippen molar-refractivity contribution in [1.29, 1.82) is 0 Å². The van der Waals surface area contributed by atoms with Crippen molar-refractivity contribution in [3.8, 4) is 11.4 Å². The number of halogens is 1. The number of benzene rings is 1.